The van der Waals surface area contributed by atoms with Crippen molar-refractivity contribution < 1.29 is 19.1 Å². The maximum atomic E-state index is 13.8. The number of para-hydroxylation sites is 1. The molecule has 194 valence electrons. The number of benzene rings is 3. The number of halogens is 2. The van der Waals surface area contributed by atoms with Crippen LogP contribution in [0.25, 0.3) is 11.0 Å². The molecular weight excluding hydrogens is 669 g/mol. The lowest BCUT2D eigenvalue weighted by molar-refractivity contribution is -0.117. The molecule has 7 nitrogen and oxygen atoms in total. The van der Waals surface area contributed by atoms with Crippen molar-refractivity contribution in [1.82, 2.24) is 10.2 Å². The Bertz CT molecular complexity index is 1730. The van der Waals surface area contributed by atoms with E-state index in [0.717, 1.165) is 14.5 Å². The predicted molar refractivity (Wildman–Crippen MR) is 161 cm³/mol. The van der Waals surface area contributed by atoms with Gasteiger partial charge in [-0.25, -0.2) is 0 Å². The Labute approximate surface area is 249 Å². The standard InChI is InChI=1S/C28H17ClIN3O4S2/c29-19-7-3-1-6-17(19)14-38-28-32-31-27(39-28)33-23(15-9-11-18(30)12-10-15)22(25(35)26(33)36)24(34)21-13-16-5-2-4-8-20(16)37-21/h1-13,23,35H,14H2. The third kappa shape index (κ3) is 4.97. The van der Waals surface area contributed by atoms with E-state index >= 15 is 0 Å². The summed E-state index contributed by atoms with van der Waals surface area (Å²) in [6.07, 6.45) is 0. The van der Waals surface area contributed by atoms with E-state index in [9.17, 15) is 14.7 Å². The van der Waals surface area contributed by atoms with Gasteiger partial charge >= 0.3 is 0 Å². The summed E-state index contributed by atoms with van der Waals surface area (Å²) in [7, 11) is 0. The molecule has 3 aromatic carbocycles. The molecule has 3 heterocycles. The number of rotatable bonds is 7. The molecule has 39 heavy (non-hydrogen) atoms. The topological polar surface area (TPSA) is 96.5 Å². The molecule has 6 rings (SSSR count). The first kappa shape index (κ1) is 26.1. The van der Waals surface area contributed by atoms with Crippen molar-refractivity contribution in [2.75, 3.05) is 4.90 Å². The number of hydrogen-bond acceptors (Lipinski definition) is 8. The van der Waals surface area contributed by atoms with Crippen LogP contribution in [0, 0.1) is 3.57 Å². The van der Waals surface area contributed by atoms with E-state index in [-0.39, 0.29) is 16.5 Å². The second-order valence-electron chi connectivity index (χ2n) is 8.60. The molecule has 0 spiro atoms. The lowest BCUT2D eigenvalue weighted by atomic mass is 9.95. The number of Topliss-reactive ketones (excluding diaryl/α,β-unsaturated/α-hetero) is 1. The van der Waals surface area contributed by atoms with E-state index in [0.29, 0.717) is 26.3 Å². The van der Waals surface area contributed by atoms with Crippen LogP contribution in [-0.2, 0) is 10.5 Å². The average Bonchev–Trinajstić information content (AvgIpc) is 3.65. The third-order valence-corrected chi connectivity index (χ3v) is 9.39. The Hall–Kier alpha value is -3.19. The van der Waals surface area contributed by atoms with E-state index in [4.69, 9.17) is 16.0 Å². The van der Waals surface area contributed by atoms with Gasteiger partial charge in [0.15, 0.2) is 15.9 Å². The number of aliphatic hydroxyl groups is 1. The lowest BCUT2D eigenvalue weighted by Crippen LogP contribution is -2.31. The minimum atomic E-state index is -0.912. The van der Waals surface area contributed by atoms with Gasteiger partial charge in [-0.2, -0.15) is 0 Å². The van der Waals surface area contributed by atoms with Crippen LogP contribution in [0.1, 0.15) is 27.7 Å². The molecule has 1 unspecified atom stereocenters. The highest BCUT2D eigenvalue weighted by Crippen LogP contribution is 2.44. The van der Waals surface area contributed by atoms with Crippen molar-refractivity contribution in [1.29, 1.82) is 0 Å². The highest BCUT2D eigenvalue weighted by Gasteiger charge is 2.46. The fraction of sp³-hybridized carbons (Fsp3) is 0.0714. The molecule has 1 atom stereocenters. The number of thioether (sulfide) groups is 1. The smallest absolute Gasteiger partial charge is 0.296 e. The zero-order valence-corrected chi connectivity index (χ0v) is 24.4. The minimum Gasteiger partial charge on any atom is -0.503 e. The molecule has 1 aliphatic rings. The summed E-state index contributed by atoms with van der Waals surface area (Å²) >= 11 is 11.1. The molecule has 0 bridgehead atoms. The number of carbonyl (C=O) groups excluding carboxylic acids is 2. The molecule has 1 amide bonds. The summed E-state index contributed by atoms with van der Waals surface area (Å²) in [4.78, 5) is 28.5. The van der Waals surface area contributed by atoms with Gasteiger partial charge in [0.05, 0.1) is 11.6 Å². The van der Waals surface area contributed by atoms with E-state index in [1.54, 1.807) is 12.1 Å². The molecular formula is C28H17ClIN3O4S2. The molecule has 0 aliphatic carbocycles. The fourth-order valence-corrected chi connectivity index (χ4v) is 6.85. The SMILES string of the molecule is O=C(C1=C(O)C(=O)N(c2nnc(SCc3ccccc3Cl)s2)C1c1ccc(I)cc1)c1cc2ccccc2o1. The number of fused-ring (bicyclic) bond motifs is 1. The van der Waals surface area contributed by atoms with Crippen molar-refractivity contribution in [2.45, 2.75) is 16.1 Å². The van der Waals surface area contributed by atoms with Crippen LogP contribution in [-0.4, -0.2) is 27.0 Å². The van der Waals surface area contributed by atoms with E-state index in [1.807, 2.05) is 66.7 Å². The van der Waals surface area contributed by atoms with Gasteiger partial charge in [-0.05, 0) is 64.0 Å². The van der Waals surface area contributed by atoms with Crippen LogP contribution in [0.4, 0.5) is 5.13 Å². The molecule has 1 N–H and O–H groups in total. The monoisotopic (exact) mass is 685 g/mol. The largest absolute Gasteiger partial charge is 0.503 e. The lowest BCUT2D eigenvalue weighted by Gasteiger charge is -2.23. The number of aliphatic hydroxyl groups excluding tert-OH is 1. The summed E-state index contributed by atoms with van der Waals surface area (Å²) in [5.74, 6) is -1.32. The van der Waals surface area contributed by atoms with Gasteiger partial charge in [0.1, 0.15) is 5.58 Å². The molecule has 0 saturated carbocycles. The van der Waals surface area contributed by atoms with Gasteiger partial charge in [0, 0.05) is 19.7 Å². The molecule has 2 aromatic heterocycles. The van der Waals surface area contributed by atoms with Gasteiger partial charge in [-0.1, -0.05) is 83.2 Å². The zero-order valence-electron chi connectivity index (χ0n) is 19.9. The van der Waals surface area contributed by atoms with Crippen LogP contribution >= 0.6 is 57.3 Å². The molecule has 11 heteroatoms. The molecule has 0 fully saturated rings. The Morgan fingerprint density at radius 2 is 1.82 bits per heavy atom. The number of aromatic nitrogens is 2. The maximum Gasteiger partial charge on any atom is 0.296 e. The average molecular weight is 686 g/mol. The first-order valence-electron chi connectivity index (χ1n) is 11.7. The number of hydrogen-bond donors (Lipinski definition) is 1. The number of carbonyl (C=O) groups is 2. The molecule has 0 saturated heterocycles. The van der Waals surface area contributed by atoms with Crippen LogP contribution in [0.3, 0.4) is 0 Å². The van der Waals surface area contributed by atoms with Crippen molar-refractivity contribution in [3.63, 3.8) is 0 Å². The van der Waals surface area contributed by atoms with Gasteiger partial charge in [-0.3, -0.25) is 14.5 Å². The van der Waals surface area contributed by atoms with Crippen molar-refractivity contribution in [2.24, 2.45) is 0 Å². The van der Waals surface area contributed by atoms with Crippen LogP contribution in [0.15, 0.2) is 99.0 Å². The summed E-state index contributed by atoms with van der Waals surface area (Å²) in [6.45, 7) is 0. The minimum absolute atomic E-state index is 0.0381. The Kier molecular flexibility index (Phi) is 7.19. The van der Waals surface area contributed by atoms with Gasteiger partial charge in [0.2, 0.25) is 10.9 Å². The number of amides is 1. The third-order valence-electron chi connectivity index (χ3n) is 6.20. The summed E-state index contributed by atoms with van der Waals surface area (Å²) in [5, 5.41) is 21.2. The fourth-order valence-electron chi connectivity index (χ4n) is 4.33. The summed E-state index contributed by atoms with van der Waals surface area (Å²) < 4.78 is 7.40. The first-order chi connectivity index (χ1) is 18.9. The van der Waals surface area contributed by atoms with E-state index in [2.05, 4.69) is 32.8 Å². The predicted octanol–water partition coefficient (Wildman–Crippen LogP) is 7.62. The number of furan rings is 1. The Morgan fingerprint density at radius 3 is 2.59 bits per heavy atom. The van der Waals surface area contributed by atoms with Gasteiger partial charge in [-0.15, -0.1) is 10.2 Å². The van der Waals surface area contributed by atoms with Crippen LogP contribution in [0.2, 0.25) is 5.02 Å². The second-order valence-corrected chi connectivity index (χ2v) is 12.4. The summed E-state index contributed by atoms with van der Waals surface area (Å²) in [6, 6.07) is 22.9. The first-order valence-corrected chi connectivity index (χ1v) is 14.9. The maximum absolute atomic E-state index is 13.8. The Balaban J connectivity index is 1.36. The van der Waals surface area contributed by atoms with Crippen LogP contribution in [0.5, 0.6) is 0 Å². The van der Waals surface area contributed by atoms with Crippen molar-refractivity contribution in [3.8, 4) is 0 Å². The summed E-state index contributed by atoms with van der Waals surface area (Å²) in [5.41, 5.74) is 2.07. The zero-order chi connectivity index (χ0) is 27.1. The Morgan fingerprint density at radius 1 is 1.08 bits per heavy atom. The number of ketones is 1. The van der Waals surface area contributed by atoms with E-state index in [1.165, 1.54) is 28.0 Å². The van der Waals surface area contributed by atoms with Gasteiger partial charge < -0.3 is 9.52 Å². The molecule has 5 aromatic rings. The normalized spacial score (nSPS) is 15.5. The van der Waals surface area contributed by atoms with Crippen LogP contribution < -0.4 is 4.90 Å². The van der Waals surface area contributed by atoms with E-state index < -0.39 is 23.5 Å². The van der Waals surface area contributed by atoms with Crippen molar-refractivity contribution in [3.05, 3.63) is 116 Å². The second kappa shape index (κ2) is 10.8. The van der Waals surface area contributed by atoms with Crippen molar-refractivity contribution >= 4 is 85.1 Å². The quantitative estimate of drug-likeness (QED) is 0.0815. The number of anilines is 1. The molecule has 1 aliphatic heterocycles. The highest BCUT2D eigenvalue weighted by atomic mass is 127. The molecule has 0 radical (unpaired) electrons. The highest BCUT2D eigenvalue weighted by molar-refractivity contribution is 14.1. The number of nitrogens with zero attached hydrogens (tertiary/aromatic N) is 3. The van der Waals surface area contributed by atoms with Gasteiger partial charge in [0.25, 0.3) is 5.91 Å².